The molecule has 0 heterocycles. The number of halogens is 1. The van der Waals surface area contributed by atoms with E-state index in [1.54, 1.807) is 19.2 Å². The molecule has 0 fully saturated rings. The Morgan fingerprint density at radius 3 is 2.41 bits per heavy atom. The van der Waals surface area contributed by atoms with Crippen LogP contribution in [0.5, 0.6) is 5.75 Å². The molecule has 1 atom stereocenters. The van der Waals surface area contributed by atoms with Gasteiger partial charge in [0.25, 0.3) is 0 Å². The molecule has 0 aliphatic rings. The van der Waals surface area contributed by atoms with Crippen LogP contribution in [0.3, 0.4) is 0 Å². The van der Waals surface area contributed by atoms with E-state index < -0.39 is 0 Å². The highest BCUT2D eigenvalue weighted by Crippen LogP contribution is 2.28. The minimum Gasteiger partial charge on any atom is -0.497 e. The molecular weight excluding hydrogens is 344 g/mol. The second-order valence-corrected chi connectivity index (χ2v) is 6.03. The van der Waals surface area contributed by atoms with E-state index in [-0.39, 0.29) is 5.97 Å². The normalized spacial score (nSPS) is 11.8. The van der Waals surface area contributed by atoms with Crippen molar-refractivity contribution in [3.8, 4) is 5.75 Å². The molecule has 2 aromatic rings. The van der Waals surface area contributed by atoms with Crippen LogP contribution in [-0.4, -0.2) is 20.2 Å². The van der Waals surface area contributed by atoms with Gasteiger partial charge in [0.15, 0.2) is 0 Å². The highest BCUT2D eigenvalue weighted by molar-refractivity contribution is 9.10. The van der Waals surface area contributed by atoms with E-state index in [4.69, 9.17) is 9.47 Å². The molecule has 0 N–H and O–H groups in total. The van der Waals surface area contributed by atoms with Gasteiger partial charge in [-0.05, 0) is 53.8 Å². The third-order valence-electron chi connectivity index (χ3n) is 3.68. The fourth-order valence-corrected chi connectivity index (χ4v) is 2.76. The van der Waals surface area contributed by atoms with Gasteiger partial charge in [0, 0.05) is 4.47 Å². The lowest BCUT2D eigenvalue weighted by molar-refractivity contribution is 0.0600. The molecule has 3 nitrogen and oxygen atoms in total. The highest BCUT2D eigenvalue weighted by Gasteiger charge is 2.12. The van der Waals surface area contributed by atoms with Crippen molar-refractivity contribution >= 4 is 21.9 Å². The number of rotatable bonds is 5. The highest BCUT2D eigenvalue weighted by atomic mass is 79.9. The average Bonchev–Trinajstić information content (AvgIpc) is 2.56. The average molecular weight is 363 g/mol. The van der Waals surface area contributed by atoms with Gasteiger partial charge in [0.05, 0.1) is 19.8 Å². The Kier molecular flexibility index (Phi) is 5.61. The number of hydrogen-bond donors (Lipinski definition) is 0. The largest absolute Gasteiger partial charge is 0.497 e. The Balaban J connectivity index is 2.15. The zero-order valence-corrected chi connectivity index (χ0v) is 14.5. The second kappa shape index (κ2) is 7.45. The Morgan fingerprint density at radius 1 is 1.14 bits per heavy atom. The van der Waals surface area contributed by atoms with E-state index in [1.165, 1.54) is 18.2 Å². The van der Waals surface area contributed by atoms with Crippen LogP contribution in [-0.2, 0) is 11.2 Å². The lowest BCUT2D eigenvalue weighted by Crippen LogP contribution is -2.03. The molecule has 2 rings (SSSR count). The van der Waals surface area contributed by atoms with Crippen LogP contribution in [0.2, 0.25) is 0 Å². The van der Waals surface area contributed by atoms with Crippen LogP contribution >= 0.6 is 15.9 Å². The molecule has 0 aliphatic carbocycles. The first-order chi connectivity index (χ1) is 10.5. The van der Waals surface area contributed by atoms with Crippen LogP contribution in [0, 0.1) is 0 Å². The molecule has 0 radical (unpaired) electrons. The van der Waals surface area contributed by atoms with Crippen molar-refractivity contribution in [2.75, 3.05) is 14.2 Å². The van der Waals surface area contributed by atoms with Crippen molar-refractivity contribution < 1.29 is 14.3 Å². The standard InChI is InChI=1S/C18H19BrO3/c1-12(10-15-11-16(21-2)8-9-17(15)19)13-4-6-14(7-5-13)18(20)22-3/h4-9,11-12H,10H2,1-3H3. The molecule has 0 spiro atoms. The van der Waals surface area contributed by atoms with Crippen LogP contribution in [0.1, 0.15) is 34.3 Å². The molecule has 0 bridgehead atoms. The Bertz CT molecular complexity index is 650. The zero-order chi connectivity index (χ0) is 16.1. The van der Waals surface area contributed by atoms with Crippen molar-refractivity contribution in [3.05, 3.63) is 63.6 Å². The quantitative estimate of drug-likeness (QED) is 0.729. The van der Waals surface area contributed by atoms with Crippen LogP contribution in [0.25, 0.3) is 0 Å². The maximum Gasteiger partial charge on any atom is 0.337 e. The molecule has 116 valence electrons. The smallest absolute Gasteiger partial charge is 0.337 e. The molecule has 4 heteroatoms. The van der Waals surface area contributed by atoms with E-state index in [0.29, 0.717) is 11.5 Å². The van der Waals surface area contributed by atoms with Gasteiger partial charge in [-0.2, -0.15) is 0 Å². The number of carbonyl (C=O) groups excluding carboxylic acids is 1. The first-order valence-electron chi connectivity index (χ1n) is 7.06. The van der Waals surface area contributed by atoms with Gasteiger partial charge in [-0.1, -0.05) is 35.0 Å². The van der Waals surface area contributed by atoms with Crippen LogP contribution in [0.15, 0.2) is 46.9 Å². The predicted octanol–water partition coefficient (Wildman–Crippen LogP) is 4.59. The minimum atomic E-state index is -0.310. The van der Waals surface area contributed by atoms with E-state index in [0.717, 1.165) is 16.6 Å². The first kappa shape index (κ1) is 16.6. The van der Waals surface area contributed by atoms with E-state index in [1.807, 2.05) is 30.3 Å². The second-order valence-electron chi connectivity index (χ2n) is 5.18. The lowest BCUT2D eigenvalue weighted by Gasteiger charge is -2.14. The number of carbonyl (C=O) groups is 1. The lowest BCUT2D eigenvalue weighted by atomic mass is 9.93. The van der Waals surface area contributed by atoms with Gasteiger partial charge in [0.1, 0.15) is 5.75 Å². The van der Waals surface area contributed by atoms with Crippen molar-refractivity contribution in [1.29, 1.82) is 0 Å². The number of benzene rings is 2. The zero-order valence-electron chi connectivity index (χ0n) is 12.9. The van der Waals surface area contributed by atoms with E-state index in [9.17, 15) is 4.79 Å². The van der Waals surface area contributed by atoms with Gasteiger partial charge in [0.2, 0.25) is 0 Å². The number of hydrogen-bond acceptors (Lipinski definition) is 3. The Hall–Kier alpha value is -1.81. The number of ether oxygens (including phenoxy) is 2. The van der Waals surface area contributed by atoms with Gasteiger partial charge in [-0.15, -0.1) is 0 Å². The first-order valence-corrected chi connectivity index (χ1v) is 7.85. The van der Waals surface area contributed by atoms with Gasteiger partial charge < -0.3 is 9.47 Å². The molecule has 2 aromatic carbocycles. The monoisotopic (exact) mass is 362 g/mol. The molecular formula is C18H19BrO3. The van der Waals surface area contributed by atoms with Gasteiger partial charge >= 0.3 is 5.97 Å². The van der Waals surface area contributed by atoms with Crippen molar-refractivity contribution in [2.24, 2.45) is 0 Å². The SMILES string of the molecule is COC(=O)c1ccc(C(C)Cc2cc(OC)ccc2Br)cc1. The Morgan fingerprint density at radius 2 is 1.82 bits per heavy atom. The topological polar surface area (TPSA) is 35.5 Å². The maximum atomic E-state index is 11.5. The van der Waals surface area contributed by atoms with Crippen LogP contribution in [0.4, 0.5) is 0 Å². The van der Waals surface area contributed by atoms with E-state index in [2.05, 4.69) is 22.9 Å². The van der Waals surface area contributed by atoms with Gasteiger partial charge in [-0.25, -0.2) is 4.79 Å². The molecule has 0 aromatic heterocycles. The predicted molar refractivity (Wildman–Crippen MR) is 90.6 cm³/mol. The van der Waals surface area contributed by atoms with Crippen LogP contribution < -0.4 is 4.74 Å². The summed E-state index contributed by atoms with van der Waals surface area (Å²) in [5.74, 6) is 0.872. The van der Waals surface area contributed by atoms with Crippen molar-refractivity contribution in [3.63, 3.8) is 0 Å². The van der Waals surface area contributed by atoms with E-state index >= 15 is 0 Å². The molecule has 0 saturated heterocycles. The van der Waals surface area contributed by atoms with Crippen molar-refractivity contribution in [1.82, 2.24) is 0 Å². The third kappa shape index (κ3) is 3.89. The van der Waals surface area contributed by atoms with Crippen molar-refractivity contribution in [2.45, 2.75) is 19.3 Å². The summed E-state index contributed by atoms with van der Waals surface area (Å²) in [6.07, 6.45) is 0.884. The summed E-state index contributed by atoms with van der Waals surface area (Å²) in [6, 6.07) is 13.5. The number of methoxy groups -OCH3 is 2. The summed E-state index contributed by atoms with van der Waals surface area (Å²) in [4.78, 5) is 11.5. The summed E-state index contributed by atoms with van der Waals surface area (Å²) < 4.78 is 11.1. The summed E-state index contributed by atoms with van der Waals surface area (Å²) >= 11 is 3.58. The fraction of sp³-hybridized carbons (Fsp3) is 0.278. The molecule has 22 heavy (non-hydrogen) atoms. The third-order valence-corrected chi connectivity index (χ3v) is 4.45. The minimum absolute atomic E-state index is 0.310. The molecule has 1 unspecified atom stereocenters. The number of esters is 1. The Labute approximate surface area is 139 Å². The molecule has 0 saturated carbocycles. The summed E-state index contributed by atoms with van der Waals surface area (Å²) in [6.45, 7) is 2.17. The molecule has 0 aliphatic heterocycles. The summed E-state index contributed by atoms with van der Waals surface area (Å²) in [5, 5.41) is 0. The fourth-order valence-electron chi connectivity index (χ4n) is 2.35. The van der Waals surface area contributed by atoms with Gasteiger partial charge in [-0.3, -0.25) is 0 Å². The summed E-state index contributed by atoms with van der Waals surface area (Å²) in [5.41, 5.74) is 2.95. The molecule has 0 amide bonds. The maximum absolute atomic E-state index is 11.5. The summed E-state index contributed by atoms with van der Waals surface area (Å²) in [7, 11) is 3.06.